The van der Waals surface area contributed by atoms with Gasteiger partial charge in [-0.3, -0.25) is 9.97 Å². The largest absolute Gasteiger partial charge is 0.357 e. The maximum Gasteiger partial charge on any atom is 0.0867 e. The summed E-state index contributed by atoms with van der Waals surface area (Å²) < 4.78 is 0. The van der Waals surface area contributed by atoms with Gasteiger partial charge in [0.05, 0.1) is 22.8 Å². The summed E-state index contributed by atoms with van der Waals surface area (Å²) in [6, 6.07) is 20.9. The molecule has 4 nitrogen and oxygen atoms in total. The van der Waals surface area contributed by atoms with Crippen LogP contribution in [0, 0.1) is 0 Å². The average Bonchev–Trinajstić information content (AvgIpc) is 3.38. The van der Waals surface area contributed by atoms with Crippen LogP contribution in [-0.4, -0.2) is 19.9 Å². The minimum absolute atomic E-state index is 0.421. The number of aromatic nitrogens is 4. The molecule has 0 aromatic carbocycles. The molecule has 0 aliphatic carbocycles. The van der Waals surface area contributed by atoms with E-state index in [0.29, 0.717) is 11.8 Å². The molecule has 0 bridgehead atoms. The molecule has 4 aromatic heterocycles. The van der Waals surface area contributed by atoms with E-state index in [4.69, 9.17) is 9.97 Å². The summed E-state index contributed by atoms with van der Waals surface area (Å²) in [6.45, 7) is 8.67. The van der Waals surface area contributed by atoms with Gasteiger partial charge in [0.2, 0.25) is 0 Å². The first kappa shape index (κ1) is 19.2. The fraction of sp³-hybridized carbons (Fsp3) is 0.280. The molecular weight excluding hydrogens is 356 g/mol. The summed E-state index contributed by atoms with van der Waals surface area (Å²) in [5.74, 6) is 0.842. The monoisotopic (exact) mass is 384 g/mol. The number of pyridine rings is 2. The predicted octanol–water partition coefficient (Wildman–Crippen LogP) is 6.30. The second-order valence-corrected chi connectivity index (χ2v) is 8.18. The summed E-state index contributed by atoms with van der Waals surface area (Å²) in [4.78, 5) is 16.6. The third-order valence-corrected chi connectivity index (χ3v) is 5.15. The molecule has 4 rings (SSSR count). The van der Waals surface area contributed by atoms with Crippen molar-refractivity contribution in [2.75, 3.05) is 0 Å². The molecule has 0 fully saturated rings. The first-order valence-corrected chi connectivity index (χ1v) is 10.3. The van der Waals surface area contributed by atoms with E-state index in [1.165, 1.54) is 0 Å². The van der Waals surface area contributed by atoms with Crippen LogP contribution in [0.5, 0.6) is 0 Å². The van der Waals surface area contributed by atoms with E-state index in [-0.39, 0.29) is 0 Å². The van der Waals surface area contributed by atoms with E-state index in [1.54, 1.807) is 0 Å². The fourth-order valence-corrected chi connectivity index (χ4v) is 3.44. The lowest BCUT2D eigenvalue weighted by Gasteiger charge is -2.06. The van der Waals surface area contributed by atoms with E-state index in [1.807, 2.05) is 0 Å². The van der Waals surface area contributed by atoms with Crippen molar-refractivity contribution in [3.63, 3.8) is 0 Å². The molecule has 0 atom stereocenters. The molecule has 29 heavy (non-hydrogen) atoms. The Morgan fingerprint density at radius 1 is 0.621 bits per heavy atom. The van der Waals surface area contributed by atoms with Crippen LogP contribution in [0.2, 0.25) is 0 Å². The Morgan fingerprint density at radius 2 is 1.07 bits per heavy atom. The highest BCUT2D eigenvalue weighted by Crippen LogP contribution is 2.23. The van der Waals surface area contributed by atoms with Gasteiger partial charge < -0.3 is 9.97 Å². The Bertz CT molecular complexity index is 1010. The lowest BCUT2D eigenvalue weighted by molar-refractivity contribution is 0.824. The first-order chi connectivity index (χ1) is 14.0. The van der Waals surface area contributed by atoms with Crippen LogP contribution < -0.4 is 0 Å². The number of nitrogens with zero attached hydrogens (tertiary/aromatic N) is 2. The molecule has 0 spiro atoms. The second-order valence-electron chi connectivity index (χ2n) is 8.18. The van der Waals surface area contributed by atoms with Gasteiger partial charge in [0, 0.05) is 29.2 Å². The molecule has 0 amide bonds. The van der Waals surface area contributed by atoms with E-state index < -0.39 is 0 Å². The number of hydrogen-bond donors (Lipinski definition) is 2. The number of H-pyrrole nitrogens is 2. The number of hydrogen-bond acceptors (Lipinski definition) is 2. The van der Waals surface area contributed by atoms with Crippen LogP contribution in [0.3, 0.4) is 0 Å². The van der Waals surface area contributed by atoms with Gasteiger partial charge in [-0.2, -0.15) is 0 Å². The first-order valence-electron chi connectivity index (χ1n) is 10.3. The zero-order valence-corrected chi connectivity index (χ0v) is 17.5. The Labute approximate surface area is 172 Å². The van der Waals surface area contributed by atoms with Crippen LogP contribution in [0.25, 0.3) is 22.8 Å². The molecule has 2 N–H and O–H groups in total. The van der Waals surface area contributed by atoms with Crippen LogP contribution in [-0.2, 0) is 6.42 Å². The van der Waals surface area contributed by atoms with Crippen molar-refractivity contribution in [2.45, 2.75) is 46.0 Å². The Morgan fingerprint density at radius 3 is 1.48 bits per heavy atom. The fourth-order valence-electron chi connectivity index (χ4n) is 3.44. The van der Waals surface area contributed by atoms with Gasteiger partial charge in [0.15, 0.2) is 0 Å². The Balaban J connectivity index is 1.52. The summed E-state index contributed by atoms with van der Waals surface area (Å²) in [5.41, 5.74) is 8.64. The topological polar surface area (TPSA) is 57.4 Å². The Hall–Kier alpha value is -3.14. The quantitative estimate of drug-likeness (QED) is 0.409. The molecule has 0 aliphatic rings. The normalized spacial score (nSPS) is 11.5. The van der Waals surface area contributed by atoms with Crippen LogP contribution in [0.4, 0.5) is 0 Å². The van der Waals surface area contributed by atoms with Gasteiger partial charge in [0.1, 0.15) is 0 Å². The summed E-state index contributed by atoms with van der Waals surface area (Å²) >= 11 is 0. The van der Waals surface area contributed by atoms with Gasteiger partial charge in [-0.1, -0.05) is 39.8 Å². The summed E-state index contributed by atoms with van der Waals surface area (Å²) in [5, 5.41) is 0. The molecule has 4 aromatic rings. The highest BCUT2D eigenvalue weighted by Gasteiger charge is 2.09. The molecule has 0 saturated heterocycles. The molecule has 0 radical (unpaired) electrons. The van der Waals surface area contributed by atoms with Gasteiger partial charge in [-0.15, -0.1) is 0 Å². The molecule has 148 valence electrons. The SMILES string of the molecule is CC(C)c1cccc(-c2ccc(Cc3ccc(-c4cccc(C(C)C)n4)[nH]3)[nH]2)n1. The molecular formula is C25H28N4. The molecule has 4 heteroatoms. The maximum atomic E-state index is 4.78. The predicted molar refractivity (Wildman–Crippen MR) is 119 cm³/mol. The van der Waals surface area contributed by atoms with Crippen molar-refractivity contribution in [3.05, 3.63) is 83.4 Å². The van der Waals surface area contributed by atoms with E-state index >= 15 is 0 Å². The van der Waals surface area contributed by atoms with Crippen molar-refractivity contribution in [3.8, 4) is 22.8 Å². The molecule has 0 aliphatic heterocycles. The standard InChI is InChI=1S/C25H28N4/c1-16(2)20-7-5-9-22(28-20)24-13-11-18(26-24)15-19-12-14-25(27-19)23-10-6-8-21(29-23)17(3)4/h5-14,16-17,26-27H,15H2,1-4H3. The van der Waals surface area contributed by atoms with Gasteiger partial charge >= 0.3 is 0 Å². The lowest BCUT2D eigenvalue weighted by Crippen LogP contribution is -1.95. The van der Waals surface area contributed by atoms with Gasteiger partial charge in [0.25, 0.3) is 0 Å². The van der Waals surface area contributed by atoms with Crippen LogP contribution in [0.15, 0.2) is 60.7 Å². The van der Waals surface area contributed by atoms with E-state index in [0.717, 1.165) is 52.0 Å². The second kappa shape index (κ2) is 8.08. The van der Waals surface area contributed by atoms with Crippen LogP contribution >= 0.6 is 0 Å². The smallest absolute Gasteiger partial charge is 0.0867 e. The molecule has 4 heterocycles. The highest BCUT2D eigenvalue weighted by atomic mass is 14.8. The zero-order valence-electron chi connectivity index (χ0n) is 17.5. The minimum atomic E-state index is 0.421. The van der Waals surface area contributed by atoms with Gasteiger partial charge in [-0.25, -0.2) is 0 Å². The van der Waals surface area contributed by atoms with E-state index in [2.05, 4.69) is 98.3 Å². The molecule has 0 saturated carbocycles. The van der Waals surface area contributed by atoms with Gasteiger partial charge in [-0.05, 0) is 60.4 Å². The maximum absolute atomic E-state index is 4.78. The Kier molecular flexibility index (Phi) is 5.34. The number of aromatic amines is 2. The highest BCUT2D eigenvalue weighted by molar-refractivity contribution is 5.57. The average molecular weight is 385 g/mol. The lowest BCUT2D eigenvalue weighted by atomic mass is 10.1. The molecule has 0 unspecified atom stereocenters. The van der Waals surface area contributed by atoms with Crippen molar-refractivity contribution in [1.29, 1.82) is 0 Å². The third kappa shape index (κ3) is 4.32. The third-order valence-electron chi connectivity index (χ3n) is 5.15. The summed E-state index contributed by atoms with van der Waals surface area (Å²) in [7, 11) is 0. The van der Waals surface area contributed by atoms with Crippen molar-refractivity contribution < 1.29 is 0 Å². The number of nitrogens with one attached hydrogen (secondary N) is 2. The number of rotatable bonds is 6. The van der Waals surface area contributed by atoms with Crippen molar-refractivity contribution in [1.82, 2.24) is 19.9 Å². The zero-order chi connectivity index (χ0) is 20.4. The minimum Gasteiger partial charge on any atom is -0.357 e. The summed E-state index contributed by atoms with van der Waals surface area (Å²) in [6.07, 6.45) is 0.813. The van der Waals surface area contributed by atoms with Crippen LogP contribution in [0.1, 0.15) is 62.3 Å². The van der Waals surface area contributed by atoms with Crippen molar-refractivity contribution in [2.24, 2.45) is 0 Å². The van der Waals surface area contributed by atoms with Crippen molar-refractivity contribution >= 4 is 0 Å². The van der Waals surface area contributed by atoms with E-state index in [9.17, 15) is 0 Å².